The van der Waals surface area contributed by atoms with Gasteiger partial charge in [-0.3, -0.25) is 4.79 Å². The summed E-state index contributed by atoms with van der Waals surface area (Å²) in [6, 6.07) is 7.78. The van der Waals surface area contributed by atoms with E-state index in [2.05, 4.69) is 24.5 Å². The SMILES string of the molecule is CNCCNC(=O)c1ccc(C(C)C)cc1.Cl. The summed E-state index contributed by atoms with van der Waals surface area (Å²) in [5.74, 6) is 0.493. The van der Waals surface area contributed by atoms with E-state index >= 15 is 0 Å². The highest BCUT2D eigenvalue weighted by Crippen LogP contribution is 2.14. The largest absolute Gasteiger partial charge is 0.351 e. The first-order valence-corrected chi connectivity index (χ1v) is 5.68. The number of hydrogen-bond acceptors (Lipinski definition) is 2. The molecule has 2 N–H and O–H groups in total. The molecule has 0 atom stereocenters. The average molecular weight is 257 g/mol. The number of hydrogen-bond donors (Lipinski definition) is 2. The summed E-state index contributed by atoms with van der Waals surface area (Å²) in [7, 11) is 1.86. The summed E-state index contributed by atoms with van der Waals surface area (Å²) in [4.78, 5) is 11.7. The lowest BCUT2D eigenvalue weighted by Gasteiger charge is -2.07. The summed E-state index contributed by atoms with van der Waals surface area (Å²) in [6.07, 6.45) is 0. The molecule has 0 spiro atoms. The molecule has 1 aromatic rings. The van der Waals surface area contributed by atoms with Crippen molar-refractivity contribution in [3.8, 4) is 0 Å². The third-order valence-electron chi connectivity index (χ3n) is 2.50. The highest BCUT2D eigenvalue weighted by molar-refractivity contribution is 5.94. The minimum absolute atomic E-state index is 0. The highest BCUT2D eigenvalue weighted by Gasteiger charge is 2.05. The van der Waals surface area contributed by atoms with E-state index < -0.39 is 0 Å². The molecule has 0 saturated carbocycles. The normalized spacial score (nSPS) is 9.88. The molecule has 1 aromatic carbocycles. The Morgan fingerprint density at radius 1 is 1.18 bits per heavy atom. The van der Waals surface area contributed by atoms with Crippen molar-refractivity contribution in [1.82, 2.24) is 10.6 Å². The Morgan fingerprint density at radius 2 is 1.76 bits per heavy atom. The van der Waals surface area contributed by atoms with Gasteiger partial charge in [-0.2, -0.15) is 0 Å². The smallest absolute Gasteiger partial charge is 0.251 e. The highest BCUT2D eigenvalue weighted by atomic mass is 35.5. The molecule has 0 aromatic heterocycles. The van der Waals surface area contributed by atoms with Crippen molar-refractivity contribution in [1.29, 1.82) is 0 Å². The van der Waals surface area contributed by atoms with Gasteiger partial charge in [0.15, 0.2) is 0 Å². The van der Waals surface area contributed by atoms with Gasteiger partial charge in [0.2, 0.25) is 0 Å². The molecule has 0 unspecified atom stereocenters. The number of rotatable bonds is 5. The Hall–Kier alpha value is -1.06. The maximum Gasteiger partial charge on any atom is 0.251 e. The molecule has 0 heterocycles. The van der Waals surface area contributed by atoms with E-state index in [1.165, 1.54) is 5.56 Å². The van der Waals surface area contributed by atoms with Gasteiger partial charge < -0.3 is 10.6 Å². The van der Waals surface area contributed by atoms with Crippen LogP contribution in [0.4, 0.5) is 0 Å². The fourth-order valence-electron chi connectivity index (χ4n) is 1.42. The minimum atomic E-state index is -0.00874. The van der Waals surface area contributed by atoms with Crippen LogP contribution >= 0.6 is 12.4 Å². The van der Waals surface area contributed by atoms with Crippen molar-refractivity contribution in [2.24, 2.45) is 0 Å². The van der Waals surface area contributed by atoms with Gasteiger partial charge in [-0.25, -0.2) is 0 Å². The second-order valence-corrected chi connectivity index (χ2v) is 4.14. The average Bonchev–Trinajstić information content (AvgIpc) is 2.29. The third-order valence-corrected chi connectivity index (χ3v) is 2.50. The molecule has 1 rings (SSSR count). The van der Waals surface area contributed by atoms with Gasteiger partial charge in [-0.15, -0.1) is 12.4 Å². The zero-order chi connectivity index (χ0) is 12.0. The van der Waals surface area contributed by atoms with E-state index in [1.807, 2.05) is 31.3 Å². The number of likely N-dealkylation sites (N-methyl/N-ethyl adjacent to an activating group) is 1. The fourth-order valence-corrected chi connectivity index (χ4v) is 1.42. The van der Waals surface area contributed by atoms with Gasteiger partial charge in [0.1, 0.15) is 0 Å². The monoisotopic (exact) mass is 256 g/mol. The number of carbonyl (C=O) groups excluding carboxylic acids is 1. The van der Waals surface area contributed by atoms with Crippen LogP contribution in [0.15, 0.2) is 24.3 Å². The summed E-state index contributed by atoms with van der Waals surface area (Å²) >= 11 is 0. The van der Waals surface area contributed by atoms with E-state index in [-0.39, 0.29) is 18.3 Å². The van der Waals surface area contributed by atoms with Crippen molar-refractivity contribution in [2.45, 2.75) is 19.8 Å². The van der Waals surface area contributed by atoms with Crippen LogP contribution in [0.1, 0.15) is 35.7 Å². The van der Waals surface area contributed by atoms with E-state index in [1.54, 1.807) is 0 Å². The molecule has 0 saturated heterocycles. The molecule has 1 amide bonds. The van der Waals surface area contributed by atoms with Crippen molar-refractivity contribution in [3.05, 3.63) is 35.4 Å². The van der Waals surface area contributed by atoms with Crippen LogP contribution in [0.2, 0.25) is 0 Å². The van der Waals surface area contributed by atoms with Gasteiger partial charge >= 0.3 is 0 Å². The second kappa shape index (κ2) is 8.09. The molecule has 0 radical (unpaired) electrons. The van der Waals surface area contributed by atoms with Gasteiger partial charge in [0.05, 0.1) is 0 Å². The van der Waals surface area contributed by atoms with Crippen molar-refractivity contribution >= 4 is 18.3 Å². The minimum Gasteiger partial charge on any atom is -0.351 e. The maximum absolute atomic E-state index is 11.7. The molecule has 17 heavy (non-hydrogen) atoms. The van der Waals surface area contributed by atoms with Gasteiger partial charge in [0.25, 0.3) is 5.91 Å². The quantitative estimate of drug-likeness (QED) is 0.793. The van der Waals surface area contributed by atoms with Crippen LogP contribution in [-0.2, 0) is 0 Å². The summed E-state index contributed by atoms with van der Waals surface area (Å²) in [6.45, 7) is 5.72. The van der Waals surface area contributed by atoms with Crippen molar-refractivity contribution < 1.29 is 4.79 Å². The molecular formula is C13H21ClN2O. The molecule has 0 aliphatic carbocycles. The summed E-state index contributed by atoms with van der Waals surface area (Å²) < 4.78 is 0. The number of nitrogens with one attached hydrogen (secondary N) is 2. The second-order valence-electron chi connectivity index (χ2n) is 4.14. The van der Waals surface area contributed by atoms with Crippen molar-refractivity contribution in [3.63, 3.8) is 0 Å². The first-order chi connectivity index (χ1) is 7.65. The molecule has 0 aliphatic heterocycles. The molecular weight excluding hydrogens is 236 g/mol. The van der Waals surface area contributed by atoms with Gasteiger partial charge in [-0.05, 0) is 30.7 Å². The zero-order valence-corrected chi connectivity index (χ0v) is 11.4. The van der Waals surface area contributed by atoms with E-state index in [0.717, 1.165) is 12.1 Å². The first kappa shape index (κ1) is 15.9. The summed E-state index contributed by atoms with van der Waals surface area (Å²) in [5.41, 5.74) is 1.98. The molecule has 4 heteroatoms. The lowest BCUT2D eigenvalue weighted by molar-refractivity contribution is 0.0954. The summed E-state index contributed by atoms with van der Waals surface area (Å²) in [5, 5.41) is 5.83. The Morgan fingerprint density at radius 3 is 2.24 bits per heavy atom. The molecule has 3 nitrogen and oxygen atoms in total. The first-order valence-electron chi connectivity index (χ1n) is 5.68. The van der Waals surface area contributed by atoms with Crippen LogP contribution in [0.25, 0.3) is 0 Å². The Kier molecular flexibility index (Phi) is 7.59. The van der Waals surface area contributed by atoms with Crippen LogP contribution in [0.3, 0.4) is 0 Å². The molecule has 0 fully saturated rings. The third kappa shape index (κ3) is 5.20. The van der Waals surface area contributed by atoms with Gasteiger partial charge in [0, 0.05) is 18.7 Å². The maximum atomic E-state index is 11.7. The number of amides is 1. The Balaban J connectivity index is 0.00000256. The number of benzene rings is 1. The predicted molar refractivity (Wildman–Crippen MR) is 74.0 cm³/mol. The van der Waals surface area contributed by atoms with Crippen LogP contribution in [0, 0.1) is 0 Å². The van der Waals surface area contributed by atoms with Crippen LogP contribution in [0.5, 0.6) is 0 Å². The predicted octanol–water partition coefficient (Wildman–Crippen LogP) is 2.18. The Labute approximate surface area is 109 Å². The van der Waals surface area contributed by atoms with E-state index in [4.69, 9.17) is 0 Å². The lowest BCUT2D eigenvalue weighted by atomic mass is 10.0. The number of halogens is 1. The molecule has 0 bridgehead atoms. The zero-order valence-electron chi connectivity index (χ0n) is 10.6. The number of carbonyl (C=O) groups is 1. The van der Waals surface area contributed by atoms with E-state index in [0.29, 0.717) is 12.5 Å². The van der Waals surface area contributed by atoms with Crippen LogP contribution < -0.4 is 10.6 Å². The molecule has 0 aliphatic rings. The van der Waals surface area contributed by atoms with Crippen molar-refractivity contribution in [2.75, 3.05) is 20.1 Å². The standard InChI is InChI=1S/C13H20N2O.ClH/c1-10(2)11-4-6-12(7-5-11)13(16)15-9-8-14-3;/h4-7,10,14H,8-9H2,1-3H3,(H,15,16);1H. The fraction of sp³-hybridized carbons (Fsp3) is 0.462. The van der Waals surface area contributed by atoms with Crippen LogP contribution in [-0.4, -0.2) is 26.0 Å². The van der Waals surface area contributed by atoms with Gasteiger partial charge in [-0.1, -0.05) is 26.0 Å². The Bertz CT molecular complexity index is 336. The van der Waals surface area contributed by atoms with E-state index in [9.17, 15) is 4.79 Å². The lowest BCUT2D eigenvalue weighted by Crippen LogP contribution is -2.30. The molecule has 96 valence electrons. The topological polar surface area (TPSA) is 41.1 Å².